The van der Waals surface area contributed by atoms with Crippen LogP contribution in [0.1, 0.15) is 33.1 Å². The second-order valence-electron chi connectivity index (χ2n) is 8.42. The maximum atomic E-state index is 13.2. The van der Waals surface area contributed by atoms with Gasteiger partial charge < -0.3 is 15.0 Å². The van der Waals surface area contributed by atoms with Gasteiger partial charge in [-0.2, -0.15) is 0 Å². The Morgan fingerprint density at radius 2 is 1.88 bits per heavy atom. The molecule has 10 heteroatoms. The first-order valence-corrected chi connectivity index (χ1v) is 12.1. The normalized spacial score (nSPS) is 14.6. The minimum atomic E-state index is -0.511. The maximum absolute atomic E-state index is 13.2. The Morgan fingerprint density at radius 1 is 1.18 bits per heavy atom. The molecule has 176 valence electrons. The number of amides is 1. The quantitative estimate of drug-likeness (QED) is 0.569. The van der Waals surface area contributed by atoms with Gasteiger partial charge in [0.1, 0.15) is 17.0 Å². The number of nitrogens with zero attached hydrogens (tertiary/aromatic N) is 4. The summed E-state index contributed by atoms with van der Waals surface area (Å²) in [5, 5.41) is 3.53. The first-order chi connectivity index (χ1) is 15.9. The SMILES string of the molecule is CCCn1c(=O)c2sc(N3CCC(C)CC3)nc2n(CC(=O)Nc2ccc(OC)cc2)c1=O. The minimum Gasteiger partial charge on any atom is -0.497 e. The number of thiazole rings is 1. The predicted molar refractivity (Wildman–Crippen MR) is 131 cm³/mol. The third-order valence-electron chi connectivity index (χ3n) is 5.93. The lowest BCUT2D eigenvalue weighted by atomic mass is 10.00. The van der Waals surface area contributed by atoms with Crippen molar-refractivity contribution in [3.8, 4) is 5.75 Å². The molecule has 1 aliphatic heterocycles. The molecule has 3 aromatic rings. The minimum absolute atomic E-state index is 0.231. The van der Waals surface area contributed by atoms with Gasteiger partial charge >= 0.3 is 5.69 Å². The van der Waals surface area contributed by atoms with Crippen LogP contribution < -0.4 is 26.2 Å². The molecule has 0 aliphatic carbocycles. The van der Waals surface area contributed by atoms with Gasteiger partial charge in [0.15, 0.2) is 10.8 Å². The van der Waals surface area contributed by atoms with Crippen LogP contribution in [0.4, 0.5) is 10.8 Å². The van der Waals surface area contributed by atoms with Crippen LogP contribution >= 0.6 is 11.3 Å². The number of carbonyl (C=O) groups excluding carboxylic acids is 1. The summed E-state index contributed by atoms with van der Waals surface area (Å²) in [6.07, 6.45) is 2.76. The molecule has 1 saturated heterocycles. The number of nitrogens with one attached hydrogen (secondary N) is 1. The molecular formula is C23H29N5O4S. The van der Waals surface area contributed by atoms with Crippen LogP contribution in [-0.4, -0.2) is 40.2 Å². The lowest BCUT2D eigenvalue weighted by molar-refractivity contribution is -0.116. The Labute approximate surface area is 195 Å². The van der Waals surface area contributed by atoms with Crippen molar-refractivity contribution in [3.05, 3.63) is 45.1 Å². The fourth-order valence-corrected chi connectivity index (χ4v) is 5.06. The van der Waals surface area contributed by atoms with E-state index in [0.717, 1.165) is 31.1 Å². The summed E-state index contributed by atoms with van der Waals surface area (Å²) < 4.78 is 8.08. The Kier molecular flexibility index (Phi) is 6.83. The zero-order valence-electron chi connectivity index (χ0n) is 19.2. The third kappa shape index (κ3) is 4.80. The highest BCUT2D eigenvalue weighted by Crippen LogP contribution is 2.29. The molecule has 33 heavy (non-hydrogen) atoms. The Hall–Kier alpha value is -3.14. The van der Waals surface area contributed by atoms with Crippen LogP contribution in [0.2, 0.25) is 0 Å². The topological polar surface area (TPSA) is 98.5 Å². The highest BCUT2D eigenvalue weighted by Gasteiger charge is 2.23. The van der Waals surface area contributed by atoms with E-state index in [-0.39, 0.29) is 23.7 Å². The van der Waals surface area contributed by atoms with Gasteiger partial charge in [-0.1, -0.05) is 25.2 Å². The van der Waals surface area contributed by atoms with E-state index in [1.54, 1.807) is 31.4 Å². The van der Waals surface area contributed by atoms with Gasteiger partial charge in [-0.15, -0.1) is 0 Å². The summed E-state index contributed by atoms with van der Waals surface area (Å²) in [6, 6.07) is 6.94. The number of benzene rings is 1. The van der Waals surface area contributed by atoms with Crippen molar-refractivity contribution in [2.24, 2.45) is 5.92 Å². The van der Waals surface area contributed by atoms with Crippen LogP contribution in [0.3, 0.4) is 0 Å². The van der Waals surface area contributed by atoms with Crippen LogP contribution in [0.25, 0.3) is 10.3 Å². The monoisotopic (exact) mass is 471 g/mol. The molecule has 0 spiro atoms. The van der Waals surface area contributed by atoms with Gasteiger partial charge in [-0.25, -0.2) is 9.78 Å². The van der Waals surface area contributed by atoms with Gasteiger partial charge in [0.05, 0.1) is 7.11 Å². The second-order valence-corrected chi connectivity index (χ2v) is 9.40. The van der Waals surface area contributed by atoms with Crippen LogP contribution in [0, 0.1) is 5.92 Å². The molecule has 2 aromatic heterocycles. The average molecular weight is 472 g/mol. The Bertz CT molecular complexity index is 1250. The van der Waals surface area contributed by atoms with Crippen LogP contribution in [-0.2, 0) is 17.9 Å². The molecule has 1 aromatic carbocycles. The van der Waals surface area contributed by atoms with Crippen molar-refractivity contribution in [1.82, 2.24) is 14.1 Å². The van der Waals surface area contributed by atoms with Gasteiger partial charge in [0, 0.05) is 25.3 Å². The zero-order valence-corrected chi connectivity index (χ0v) is 20.0. The number of piperidine rings is 1. The molecule has 9 nitrogen and oxygen atoms in total. The van der Waals surface area contributed by atoms with Crippen molar-refractivity contribution in [3.63, 3.8) is 0 Å². The molecule has 4 rings (SSSR count). The van der Waals surface area contributed by atoms with Crippen molar-refractivity contribution in [1.29, 1.82) is 0 Å². The fourth-order valence-electron chi connectivity index (χ4n) is 3.99. The molecule has 1 amide bonds. The van der Waals surface area contributed by atoms with Crippen LogP contribution in [0.5, 0.6) is 5.75 Å². The van der Waals surface area contributed by atoms with Crippen LogP contribution in [0.15, 0.2) is 33.9 Å². The first kappa shape index (κ1) is 23.0. The molecule has 3 heterocycles. The Morgan fingerprint density at radius 3 is 2.52 bits per heavy atom. The van der Waals surface area contributed by atoms with Gasteiger partial charge in [-0.3, -0.25) is 18.7 Å². The highest BCUT2D eigenvalue weighted by atomic mass is 32.1. The van der Waals surface area contributed by atoms with Gasteiger partial charge in [0.2, 0.25) is 5.91 Å². The third-order valence-corrected chi connectivity index (χ3v) is 7.03. The Balaban J connectivity index is 1.69. The molecule has 0 bridgehead atoms. The zero-order chi connectivity index (χ0) is 23.5. The highest BCUT2D eigenvalue weighted by molar-refractivity contribution is 7.22. The van der Waals surface area contributed by atoms with Crippen molar-refractivity contribution in [2.45, 2.75) is 46.2 Å². The largest absolute Gasteiger partial charge is 0.497 e. The van der Waals surface area contributed by atoms with E-state index in [4.69, 9.17) is 4.74 Å². The van der Waals surface area contributed by atoms with E-state index in [0.29, 0.717) is 35.0 Å². The molecule has 0 atom stereocenters. The number of ether oxygens (including phenoxy) is 1. The smallest absolute Gasteiger partial charge is 0.333 e. The number of anilines is 2. The first-order valence-electron chi connectivity index (χ1n) is 11.2. The number of fused-ring (bicyclic) bond motifs is 1. The van der Waals surface area contributed by atoms with E-state index < -0.39 is 5.69 Å². The molecule has 0 radical (unpaired) electrons. The summed E-state index contributed by atoms with van der Waals surface area (Å²) in [7, 11) is 1.57. The maximum Gasteiger partial charge on any atom is 0.333 e. The second kappa shape index (κ2) is 9.78. The fraction of sp³-hybridized carbons (Fsp3) is 0.478. The lowest BCUT2D eigenvalue weighted by Crippen LogP contribution is -2.41. The standard InChI is InChI=1S/C23H29N5O4S/c1-4-11-27-21(30)19-20(25-22(33-19)26-12-9-15(2)10-13-26)28(23(27)31)14-18(29)24-16-5-7-17(32-3)8-6-16/h5-8,15H,4,9-14H2,1-3H3,(H,24,29). The number of hydrogen-bond acceptors (Lipinski definition) is 7. The summed E-state index contributed by atoms with van der Waals surface area (Å²) in [5.41, 5.74) is 0.0235. The molecule has 0 unspecified atom stereocenters. The van der Waals surface area contributed by atoms with E-state index >= 15 is 0 Å². The molecule has 1 N–H and O–H groups in total. The predicted octanol–water partition coefficient (Wildman–Crippen LogP) is 2.91. The summed E-state index contributed by atoms with van der Waals surface area (Å²) in [6.45, 7) is 5.94. The van der Waals surface area contributed by atoms with Gasteiger partial charge in [0.25, 0.3) is 5.56 Å². The number of carbonyl (C=O) groups is 1. The number of aromatic nitrogens is 3. The van der Waals surface area contributed by atoms with Gasteiger partial charge in [-0.05, 0) is 49.4 Å². The lowest BCUT2D eigenvalue weighted by Gasteiger charge is -2.29. The average Bonchev–Trinajstić information content (AvgIpc) is 3.26. The van der Waals surface area contributed by atoms with Crippen molar-refractivity contribution >= 4 is 38.4 Å². The molecular weight excluding hydrogens is 442 g/mol. The molecule has 1 aliphatic rings. The van der Waals surface area contributed by atoms with E-state index in [1.165, 1.54) is 20.5 Å². The molecule has 1 fully saturated rings. The summed E-state index contributed by atoms with van der Waals surface area (Å²) >= 11 is 1.31. The van der Waals surface area contributed by atoms with E-state index in [2.05, 4.69) is 22.1 Å². The number of hydrogen-bond donors (Lipinski definition) is 1. The van der Waals surface area contributed by atoms with Crippen molar-refractivity contribution < 1.29 is 9.53 Å². The number of methoxy groups -OCH3 is 1. The summed E-state index contributed by atoms with van der Waals surface area (Å²) in [5.74, 6) is 0.975. The van der Waals surface area contributed by atoms with E-state index in [1.807, 2.05) is 6.92 Å². The van der Waals surface area contributed by atoms with E-state index in [9.17, 15) is 14.4 Å². The molecule has 0 saturated carbocycles. The number of rotatable bonds is 7. The summed E-state index contributed by atoms with van der Waals surface area (Å²) in [4.78, 5) is 45.9. The van der Waals surface area contributed by atoms with Crippen molar-refractivity contribution in [2.75, 3.05) is 30.4 Å².